The van der Waals surface area contributed by atoms with Gasteiger partial charge in [-0.25, -0.2) is 4.57 Å². The lowest BCUT2D eigenvalue weighted by molar-refractivity contribution is -0.160. The van der Waals surface area contributed by atoms with Crippen molar-refractivity contribution < 1.29 is 37.6 Å². The van der Waals surface area contributed by atoms with E-state index in [9.17, 15) is 19.0 Å². The topological polar surface area (TPSA) is 134 Å². The number of phosphoric acid groups is 1. The standard InChI is InChI=1S/C33H54NO8P/c1-3-5-7-9-11-13-14-15-16-18-20-22-24-26-33(36)42-31(30-41-43(37,38)40-28-27-34)29-39-32(35)25-23-21-19-17-12-10-8-6-4-2/h5-9,11-14,17,21,23,31H,3-4,10,15-16,18-20,22,24-30,34H2,1-2H3,(H,37,38)/b7-5+,8-6+,11-9+,14-13+,17-12+,23-21+. The van der Waals surface area contributed by atoms with Crippen molar-refractivity contribution in [3.05, 3.63) is 72.9 Å². The van der Waals surface area contributed by atoms with Crippen LogP contribution in [0.5, 0.6) is 0 Å². The van der Waals surface area contributed by atoms with Crippen molar-refractivity contribution in [2.45, 2.75) is 97.0 Å². The number of phosphoric ester groups is 1. The minimum Gasteiger partial charge on any atom is -0.461 e. The van der Waals surface area contributed by atoms with Gasteiger partial charge in [0, 0.05) is 13.0 Å². The van der Waals surface area contributed by atoms with Crippen molar-refractivity contribution in [1.82, 2.24) is 0 Å². The fraction of sp³-hybridized carbons (Fsp3) is 0.576. The van der Waals surface area contributed by atoms with Gasteiger partial charge in [-0.05, 0) is 44.9 Å². The molecule has 0 spiro atoms. The van der Waals surface area contributed by atoms with Crippen LogP contribution in [0.2, 0.25) is 0 Å². The van der Waals surface area contributed by atoms with Gasteiger partial charge >= 0.3 is 19.8 Å². The molecule has 43 heavy (non-hydrogen) atoms. The Balaban J connectivity index is 4.49. The third kappa shape index (κ3) is 29.3. The van der Waals surface area contributed by atoms with Crippen molar-refractivity contribution in [2.24, 2.45) is 5.73 Å². The molecule has 0 aromatic heterocycles. The molecule has 3 N–H and O–H groups in total. The number of unbranched alkanes of at least 4 members (excludes halogenated alkanes) is 5. The SMILES string of the molecule is CC/C=C/C=C/C=C/CCCCCCCC(=O)OC(COC(=O)C/C=C/C/C=C/C/C=C/CC)COP(=O)(O)OCCN. The lowest BCUT2D eigenvalue weighted by atomic mass is 10.1. The first-order valence-electron chi connectivity index (χ1n) is 15.4. The van der Waals surface area contributed by atoms with Crippen LogP contribution in [0.15, 0.2) is 72.9 Å². The van der Waals surface area contributed by atoms with Crippen molar-refractivity contribution >= 4 is 19.8 Å². The molecule has 0 rings (SSSR count). The van der Waals surface area contributed by atoms with E-state index in [1.165, 1.54) is 0 Å². The summed E-state index contributed by atoms with van der Waals surface area (Å²) < 4.78 is 32.3. The van der Waals surface area contributed by atoms with Gasteiger partial charge in [-0.1, -0.05) is 106 Å². The number of hydrogen-bond acceptors (Lipinski definition) is 8. The number of carbonyl (C=O) groups excluding carboxylic acids is 2. The summed E-state index contributed by atoms with van der Waals surface area (Å²) in [5, 5.41) is 0. The Labute approximate surface area is 259 Å². The summed E-state index contributed by atoms with van der Waals surface area (Å²) in [6.07, 6.45) is 32.7. The molecule has 0 fully saturated rings. The molecule has 2 atom stereocenters. The molecule has 0 heterocycles. The number of allylic oxidation sites excluding steroid dienone is 11. The van der Waals surface area contributed by atoms with Crippen molar-refractivity contribution in [3.8, 4) is 0 Å². The lowest BCUT2D eigenvalue weighted by Gasteiger charge is -2.19. The second kappa shape index (κ2) is 29.5. The maximum atomic E-state index is 12.4. The van der Waals surface area contributed by atoms with Gasteiger partial charge in [0.2, 0.25) is 0 Å². The second-order valence-corrected chi connectivity index (χ2v) is 11.1. The molecule has 0 radical (unpaired) electrons. The highest BCUT2D eigenvalue weighted by Gasteiger charge is 2.25. The van der Waals surface area contributed by atoms with Crippen LogP contribution >= 0.6 is 7.82 Å². The summed E-state index contributed by atoms with van der Waals surface area (Å²) in [5.74, 6) is -1.01. The molecule has 0 aliphatic heterocycles. The van der Waals surface area contributed by atoms with Crippen LogP contribution in [-0.4, -0.2) is 49.3 Å². The summed E-state index contributed by atoms with van der Waals surface area (Å²) >= 11 is 0. The lowest BCUT2D eigenvalue weighted by Crippen LogP contribution is -2.29. The Morgan fingerprint density at radius 2 is 1.37 bits per heavy atom. The zero-order chi connectivity index (χ0) is 31.9. The number of rotatable bonds is 27. The Morgan fingerprint density at radius 1 is 0.744 bits per heavy atom. The monoisotopic (exact) mass is 623 g/mol. The Hall–Kier alpha value is -2.55. The molecule has 0 amide bonds. The minimum atomic E-state index is -4.39. The summed E-state index contributed by atoms with van der Waals surface area (Å²) in [6.45, 7) is 3.27. The van der Waals surface area contributed by atoms with Crippen LogP contribution < -0.4 is 5.73 Å². The molecule has 0 saturated carbocycles. The van der Waals surface area contributed by atoms with E-state index in [4.69, 9.17) is 24.3 Å². The number of nitrogens with two attached hydrogens (primary N) is 1. The van der Waals surface area contributed by atoms with Gasteiger partial charge in [-0.15, -0.1) is 0 Å². The van der Waals surface area contributed by atoms with E-state index < -0.39 is 32.5 Å². The quantitative estimate of drug-likeness (QED) is 0.0312. The molecule has 0 aliphatic rings. The average molecular weight is 624 g/mol. The molecule has 0 aromatic carbocycles. The third-order valence-corrected chi connectivity index (χ3v) is 6.67. The maximum Gasteiger partial charge on any atom is 0.472 e. The normalized spacial score (nSPS) is 14.6. The minimum absolute atomic E-state index is 0.0359. The molecule has 0 bridgehead atoms. The predicted octanol–water partition coefficient (Wildman–Crippen LogP) is 7.59. The molecule has 244 valence electrons. The van der Waals surface area contributed by atoms with Crippen LogP contribution in [0.4, 0.5) is 0 Å². The Kier molecular flexibility index (Phi) is 27.8. The highest BCUT2D eigenvalue weighted by Crippen LogP contribution is 2.43. The smallest absolute Gasteiger partial charge is 0.461 e. The fourth-order valence-corrected chi connectivity index (χ4v) is 4.22. The van der Waals surface area contributed by atoms with E-state index in [0.717, 1.165) is 51.4 Å². The maximum absolute atomic E-state index is 12.4. The van der Waals surface area contributed by atoms with Crippen molar-refractivity contribution in [3.63, 3.8) is 0 Å². The molecular formula is C33H54NO8P. The number of hydrogen-bond donors (Lipinski definition) is 2. The first-order chi connectivity index (χ1) is 20.8. The van der Waals surface area contributed by atoms with Gasteiger partial charge in [-0.3, -0.25) is 18.6 Å². The number of ether oxygens (including phenoxy) is 2. The van der Waals surface area contributed by atoms with E-state index >= 15 is 0 Å². The van der Waals surface area contributed by atoms with Crippen LogP contribution in [-0.2, 0) is 32.7 Å². The Bertz CT molecular complexity index is 939. The second-order valence-electron chi connectivity index (χ2n) is 9.63. The van der Waals surface area contributed by atoms with E-state index in [2.05, 4.69) is 50.3 Å². The van der Waals surface area contributed by atoms with Gasteiger partial charge < -0.3 is 20.1 Å². The number of esters is 2. The molecule has 2 unspecified atom stereocenters. The molecule has 10 heteroatoms. The van der Waals surface area contributed by atoms with Gasteiger partial charge in [0.05, 0.1) is 19.6 Å². The third-order valence-electron chi connectivity index (χ3n) is 5.68. The highest BCUT2D eigenvalue weighted by molar-refractivity contribution is 7.47. The summed E-state index contributed by atoms with van der Waals surface area (Å²) in [5.41, 5.74) is 5.29. The molecular weight excluding hydrogens is 569 g/mol. The van der Waals surface area contributed by atoms with Crippen LogP contribution in [0, 0.1) is 0 Å². The molecule has 0 saturated heterocycles. The van der Waals surface area contributed by atoms with Crippen LogP contribution in [0.25, 0.3) is 0 Å². The van der Waals surface area contributed by atoms with E-state index in [0.29, 0.717) is 12.8 Å². The molecule has 0 aliphatic carbocycles. The van der Waals surface area contributed by atoms with Crippen LogP contribution in [0.3, 0.4) is 0 Å². The highest BCUT2D eigenvalue weighted by atomic mass is 31.2. The zero-order valence-electron chi connectivity index (χ0n) is 26.1. The summed E-state index contributed by atoms with van der Waals surface area (Å²) in [4.78, 5) is 34.3. The predicted molar refractivity (Wildman–Crippen MR) is 173 cm³/mol. The van der Waals surface area contributed by atoms with E-state index in [1.807, 2.05) is 30.4 Å². The van der Waals surface area contributed by atoms with Crippen molar-refractivity contribution in [2.75, 3.05) is 26.4 Å². The number of carbonyl (C=O) groups is 2. The first kappa shape index (κ1) is 40.5. The van der Waals surface area contributed by atoms with E-state index in [-0.39, 0.29) is 32.6 Å². The van der Waals surface area contributed by atoms with Gasteiger partial charge in [-0.2, -0.15) is 0 Å². The molecule has 0 aromatic rings. The van der Waals surface area contributed by atoms with Gasteiger partial charge in [0.1, 0.15) is 6.61 Å². The average Bonchev–Trinajstić information content (AvgIpc) is 2.99. The summed E-state index contributed by atoms with van der Waals surface area (Å²) in [6, 6.07) is 0. The van der Waals surface area contributed by atoms with Crippen molar-refractivity contribution in [1.29, 1.82) is 0 Å². The zero-order valence-corrected chi connectivity index (χ0v) is 27.0. The summed E-state index contributed by atoms with van der Waals surface area (Å²) in [7, 11) is -4.39. The van der Waals surface area contributed by atoms with Crippen LogP contribution in [0.1, 0.15) is 90.9 Å². The largest absolute Gasteiger partial charge is 0.472 e. The van der Waals surface area contributed by atoms with Gasteiger partial charge in [0.15, 0.2) is 6.10 Å². The van der Waals surface area contributed by atoms with E-state index in [1.54, 1.807) is 6.08 Å². The fourth-order valence-electron chi connectivity index (χ4n) is 3.46. The Morgan fingerprint density at radius 3 is 2.07 bits per heavy atom. The van der Waals surface area contributed by atoms with Gasteiger partial charge in [0.25, 0.3) is 0 Å². The molecule has 9 nitrogen and oxygen atoms in total. The first-order valence-corrected chi connectivity index (χ1v) is 16.9.